The monoisotopic (exact) mass is 1320 g/mol. The summed E-state index contributed by atoms with van der Waals surface area (Å²) in [6.07, 6.45) is 10.0. The summed E-state index contributed by atoms with van der Waals surface area (Å²) >= 11 is 12.1. The molecule has 0 spiro atoms. The molecule has 4 rings (SSSR count). The molecule has 0 aliphatic carbocycles. The van der Waals surface area contributed by atoms with Crippen molar-refractivity contribution in [2.24, 2.45) is 5.84 Å². The van der Waals surface area contributed by atoms with Crippen LogP contribution in [0.5, 0.6) is 0 Å². The van der Waals surface area contributed by atoms with Crippen LogP contribution >= 0.6 is 106 Å². The number of carbonyl (C=O) groups excluding carboxylic acids is 4. The van der Waals surface area contributed by atoms with Crippen LogP contribution in [0.1, 0.15) is 41.0 Å². The number of aromatic nitrogens is 3. The summed E-state index contributed by atoms with van der Waals surface area (Å²) in [5.41, 5.74) is 1.39. The molecule has 1 aliphatic heterocycles. The molecule has 0 aromatic carbocycles. The summed E-state index contributed by atoms with van der Waals surface area (Å²) in [5.74, 6) is 5.62. The molecule has 18 nitrogen and oxygen atoms in total. The van der Waals surface area contributed by atoms with Crippen molar-refractivity contribution >= 4 is 165 Å². The van der Waals surface area contributed by atoms with Crippen LogP contribution in [0.2, 0.25) is 0 Å². The first-order chi connectivity index (χ1) is 27.3. The van der Waals surface area contributed by atoms with Crippen LogP contribution < -0.4 is 27.3 Å². The predicted molar refractivity (Wildman–Crippen MR) is 274 cm³/mol. The van der Waals surface area contributed by atoms with E-state index in [1.165, 1.54) is 34.0 Å². The summed E-state index contributed by atoms with van der Waals surface area (Å²) in [5, 5.41) is 7.92. The largest absolute Gasteiger partial charge is 0.443 e. The molecule has 2 atom stereocenters. The zero-order valence-electron chi connectivity index (χ0n) is 32.4. The van der Waals surface area contributed by atoms with Gasteiger partial charge in [-0.3, -0.25) is 10.1 Å². The van der Waals surface area contributed by atoms with Gasteiger partial charge in [0, 0.05) is 43.9 Å². The first-order valence-corrected chi connectivity index (χ1v) is 23.8. The van der Waals surface area contributed by atoms with Crippen molar-refractivity contribution in [1.29, 1.82) is 0 Å². The minimum atomic E-state index is -0.609. The van der Waals surface area contributed by atoms with Gasteiger partial charge in [-0.05, 0) is 76.9 Å². The third kappa shape index (κ3) is 38.2. The molecule has 1 amide bonds. The third-order valence-corrected chi connectivity index (χ3v) is 5.60. The number of halogens is 5. The van der Waals surface area contributed by atoms with E-state index in [2.05, 4.69) is 132 Å². The van der Waals surface area contributed by atoms with Gasteiger partial charge in [0.2, 0.25) is 0 Å². The van der Waals surface area contributed by atoms with Gasteiger partial charge < -0.3 is 59.0 Å². The number of ether oxygens (including phenoxy) is 4. The van der Waals surface area contributed by atoms with E-state index < -0.39 is 11.7 Å². The van der Waals surface area contributed by atoms with Gasteiger partial charge in [0.25, 0.3) is 11.6 Å². The van der Waals surface area contributed by atoms with Gasteiger partial charge in [-0.15, -0.1) is 0 Å². The van der Waals surface area contributed by atoms with Crippen molar-refractivity contribution in [2.75, 3.05) is 42.5 Å². The number of alkyl halides is 4. The number of rotatable bonds is 11. The zero-order chi connectivity index (χ0) is 44.5. The number of nitrogens with one attached hydrogen (secondary N) is 4. The molecule has 6 N–H and O–H groups in total. The smallest absolute Gasteiger partial charge is 0.421 e. The number of nitrogens with zero attached hydrogens (tertiary/aromatic N) is 5. The van der Waals surface area contributed by atoms with Crippen molar-refractivity contribution in [2.45, 2.75) is 59.2 Å². The Morgan fingerprint density at radius 2 is 1.34 bits per heavy atom. The Hall–Kier alpha value is -2.07. The average molecular weight is 1320 g/mol. The van der Waals surface area contributed by atoms with Crippen LogP contribution in [-0.2, 0) is 33.3 Å². The highest BCUT2D eigenvalue weighted by Crippen LogP contribution is 2.20. The topological polar surface area (TPSA) is 203 Å². The van der Waals surface area contributed by atoms with E-state index in [-0.39, 0.29) is 20.0 Å². The molecule has 4 heterocycles. The molecular formula is C32H51B3BrI4N10O8. The van der Waals surface area contributed by atoms with E-state index in [4.69, 9.17) is 37.9 Å². The predicted octanol–water partition coefficient (Wildman–Crippen LogP) is 7.07. The summed E-state index contributed by atoms with van der Waals surface area (Å²) in [4.78, 5) is 50.4. The number of amides is 1. The summed E-state index contributed by atoms with van der Waals surface area (Å²) < 4.78 is 26.4. The van der Waals surface area contributed by atoms with Crippen molar-refractivity contribution in [3.8, 4) is 0 Å². The van der Waals surface area contributed by atoms with Gasteiger partial charge in [-0.1, -0.05) is 111 Å². The quantitative estimate of drug-likeness (QED) is 0.0192. The minimum absolute atomic E-state index is 0. The summed E-state index contributed by atoms with van der Waals surface area (Å²) in [6.45, 7) is 18.8. The maximum absolute atomic E-state index is 10.4. The fraction of sp³-hybridized carbons (Fsp3) is 0.438. The lowest BCUT2D eigenvalue weighted by atomic mass is 10.0. The highest BCUT2D eigenvalue weighted by molar-refractivity contribution is 14.2. The van der Waals surface area contributed by atoms with Crippen molar-refractivity contribution < 1.29 is 38.1 Å². The third-order valence-electron chi connectivity index (χ3n) is 5.17. The Bertz CT molecular complexity index is 1500. The van der Waals surface area contributed by atoms with Crippen LogP contribution in [0, 0.1) is 13.1 Å². The second-order valence-electron chi connectivity index (χ2n) is 10.0. The first kappa shape index (κ1) is 65.1. The average Bonchev–Trinajstić information content (AvgIpc) is 4.06. The summed E-state index contributed by atoms with van der Waals surface area (Å²) in [6, 6.07) is 8.76. The molecule has 3 aromatic heterocycles. The van der Waals surface area contributed by atoms with Gasteiger partial charge >= 0.3 is 28.3 Å². The number of hydrazine groups is 1. The number of hydrogen-bond acceptors (Lipinski definition) is 12. The molecule has 26 heteroatoms. The Labute approximate surface area is 408 Å². The molecule has 1 saturated heterocycles. The number of nitrogens with two attached hydrogens (primary N) is 1. The van der Waals surface area contributed by atoms with Crippen LogP contribution in [0.25, 0.3) is 9.69 Å². The van der Waals surface area contributed by atoms with Crippen molar-refractivity contribution in [3.63, 3.8) is 0 Å². The highest BCUT2D eigenvalue weighted by atomic mass is 127. The SMILES string of the molecule is C.CC(C)(C)OC(=O)NN.CI.CI.COC1CCC(OC)O1.ICI.O=C[B]Nn1cccc1.[C-]#[N+]c1cc(Br)cn1N[B]C=O.[C-]#[N+]c1cccn1N[B]C=O. The van der Waals surface area contributed by atoms with Gasteiger partial charge in [-0.25, -0.2) is 20.0 Å². The van der Waals surface area contributed by atoms with Crippen molar-refractivity contribution in [3.05, 3.63) is 82.4 Å². The van der Waals surface area contributed by atoms with Gasteiger partial charge in [0.15, 0.2) is 12.6 Å². The molecule has 3 radical (unpaired) electrons. The Balaban J connectivity index is -0.000000194. The number of methoxy groups -OCH3 is 2. The van der Waals surface area contributed by atoms with Gasteiger partial charge in [0.05, 0.1) is 8.63 Å². The lowest BCUT2D eigenvalue weighted by Crippen LogP contribution is -2.36. The maximum Gasteiger partial charge on any atom is 0.421 e. The Kier molecular flexibility index (Phi) is 51.6. The van der Waals surface area contributed by atoms with E-state index in [0.29, 0.717) is 30.2 Å². The van der Waals surface area contributed by atoms with Crippen LogP contribution in [0.4, 0.5) is 16.4 Å². The van der Waals surface area contributed by atoms with E-state index in [9.17, 15) is 19.2 Å². The van der Waals surface area contributed by atoms with E-state index in [1.807, 2.05) is 27.4 Å². The second kappa shape index (κ2) is 46.0. The van der Waals surface area contributed by atoms with Gasteiger partial charge in [0.1, 0.15) is 30.4 Å². The first-order valence-electron chi connectivity index (χ1n) is 15.6. The summed E-state index contributed by atoms with van der Waals surface area (Å²) in [7, 11) is 7.03. The van der Waals surface area contributed by atoms with Crippen LogP contribution in [0.3, 0.4) is 0 Å². The standard InChI is InChI=1S/C6H4BBrN3O.C6H5BN3O.C6H12O3.C5H6BN2O.C5H12N2O2.CH2I2.2CH3I.CH4/c1-9-6-2-5(8)3-11(6)10-7-4-12;1-8-6-3-2-4-10(6)9-7-5-11;1-7-5-3-4-6(8-2)9-5;9-5-6-7-8-3-1-2-4-8;1-5(2,3)9-4(8)7-6;2-1-3;2*1-2;/h2-4,10H;2-5,9H;5-6H,3-4H2,1-2H3;1-5,7H;6H2,1-3H3,(H,7,8);1H2;2*1H3;1H4. The number of hydrogen-bond donors (Lipinski definition) is 5. The van der Waals surface area contributed by atoms with E-state index in [1.54, 1.807) is 82.7 Å². The van der Waals surface area contributed by atoms with Crippen LogP contribution in [0.15, 0.2) is 59.6 Å². The molecule has 58 heavy (non-hydrogen) atoms. The minimum Gasteiger partial charge on any atom is -0.443 e. The fourth-order valence-electron chi connectivity index (χ4n) is 3.17. The molecule has 321 valence electrons. The molecule has 0 saturated carbocycles. The normalized spacial score (nSPS) is 12.3. The maximum atomic E-state index is 10.4. The Morgan fingerprint density at radius 3 is 1.71 bits per heavy atom. The zero-order valence-corrected chi connectivity index (χ0v) is 42.6. The van der Waals surface area contributed by atoms with Crippen molar-refractivity contribution in [1.82, 2.24) is 19.5 Å². The fourth-order valence-corrected chi connectivity index (χ4v) is 3.58. The van der Waals surface area contributed by atoms with E-state index >= 15 is 0 Å². The number of carbonyl (C=O) groups is 4. The molecular weight excluding hydrogens is 1270 g/mol. The lowest BCUT2D eigenvalue weighted by molar-refractivity contribution is -0.185. The molecule has 1 fully saturated rings. The molecule has 3 aromatic rings. The lowest BCUT2D eigenvalue weighted by Gasteiger charge is -2.18. The van der Waals surface area contributed by atoms with E-state index in [0.717, 1.165) is 17.3 Å². The highest BCUT2D eigenvalue weighted by Gasteiger charge is 2.23. The Morgan fingerprint density at radius 1 is 0.897 bits per heavy atom. The molecule has 2 unspecified atom stereocenters. The molecule has 0 bridgehead atoms. The molecule has 1 aliphatic rings. The van der Waals surface area contributed by atoms with Crippen LogP contribution in [-0.4, -0.2) is 106 Å². The second-order valence-corrected chi connectivity index (χ2v) is 15.4. The van der Waals surface area contributed by atoms with Gasteiger partial charge in [-0.2, -0.15) is 0 Å².